The lowest BCUT2D eigenvalue weighted by Crippen LogP contribution is -2.14. The third kappa shape index (κ3) is 2.86. The van der Waals surface area contributed by atoms with Crippen molar-refractivity contribution in [2.75, 3.05) is 0 Å². The summed E-state index contributed by atoms with van der Waals surface area (Å²) in [7, 11) is 0. The molecular formula is C13H14Cl2N2O. The van der Waals surface area contributed by atoms with Crippen molar-refractivity contribution in [1.29, 1.82) is 0 Å². The van der Waals surface area contributed by atoms with Crippen LogP contribution in [0.3, 0.4) is 0 Å². The minimum absolute atomic E-state index is 0.614. The van der Waals surface area contributed by atoms with Crippen LogP contribution in [0.5, 0.6) is 0 Å². The normalized spacial score (nSPS) is 10.9. The van der Waals surface area contributed by atoms with Gasteiger partial charge in [-0.25, -0.2) is 0 Å². The lowest BCUT2D eigenvalue weighted by Gasteiger charge is -2.08. The Kier molecular flexibility index (Phi) is 4.27. The Hall–Kier alpha value is -1.03. The molecule has 2 aromatic rings. The Bertz CT molecular complexity index is 512. The maximum atomic E-state index is 6.10. The number of halogens is 2. The zero-order valence-electron chi connectivity index (χ0n) is 10.3. The van der Waals surface area contributed by atoms with Gasteiger partial charge in [0.2, 0.25) is 0 Å². The Balaban J connectivity index is 2.01. The van der Waals surface area contributed by atoms with Crippen molar-refractivity contribution in [1.82, 2.24) is 10.5 Å². The van der Waals surface area contributed by atoms with Gasteiger partial charge in [0.15, 0.2) is 0 Å². The van der Waals surface area contributed by atoms with Crippen LogP contribution in [-0.4, -0.2) is 5.16 Å². The summed E-state index contributed by atoms with van der Waals surface area (Å²) in [6.45, 7) is 5.13. The Morgan fingerprint density at radius 2 is 1.72 bits per heavy atom. The smallest absolute Gasteiger partial charge is 0.138 e. The minimum Gasteiger partial charge on any atom is -0.361 e. The summed E-state index contributed by atoms with van der Waals surface area (Å²) >= 11 is 12.2. The molecule has 0 unspecified atom stereocenters. The Morgan fingerprint density at radius 3 is 2.28 bits per heavy atom. The maximum absolute atomic E-state index is 6.10. The first-order valence-electron chi connectivity index (χ1n) is 5.65. The summed E-state index contributed by atoms with van der Waals surface area (Å²) in [6, 6.07) is 5.50. The zero-order chi connectivity index (χ0) is 13.1. The van der Waals surface area contributed by atoms with E-state index in [9.17, 15) is 0 Å². The number of nitrogens with zero attached hydrogens (tertiary/aromatic N) is 1. The molecule has 0 amide bonds. The minimum atomic E-state index is 0.614. The number of rotatable bonds is 4. The molecule has 18 heavy (non-hydrogen) atoms. The van der Waals surface area contributed by atoms with E-state index in [0.717, 1.165) is 22.6 Å². The van der Waals surface area contributed by atoms with Crippen LogP contribution in [0.25, 0.3) is 0 Å². The van der Waals surface area contributed by atoms with Gasteiger partial charge in [0.25, 0.3) is 0 Å². The van der Waals surface area contributed by atoms with Gasteiger partial charge in [-0.05, 0) is 26.0 Å². The summed E-state index contributed by atoms with van der Waals surface area (Å²) in [4.78, 5) is 0. The summed E-state index contributed by atoms with van der Waals surface area (Å²) in [5, 5.41) is 8.56. The van der Waals surface area contributed by atoms with E-state index in [0.29, 0.717) is 23.1 Å². The van der Waals surface area contributed by atoms with Crippen molar-refractivity contribution in [2.24, 2.45) is 0 Å². The molecule has 0 aliphatic rings. The van der Waals surface area contributed by atoms with Gasteiger partial charge in [-0.2, -0.15) is 0 Å². The number of aryl methyl sites for hydroxylation is 2. The molecule has 0 fully saturated rings. The topological polar surface area (TPSA) is 38.1 Å². The van der Waals surface area contributed by atoms with Crippen molar-refractivity contribution < 1.29 is 4.52 Å². The van der Waals surface area contributed by atoms with Crippen molar-refractivity contribution in [3.05, 3.63) is 50.8 Å². The highest BCUT2D eigenvalue weighted by Gasteiger charge is 2.09. The average molecular weight is 285 g/mol. The molecule has 1 heterocycles. The quantitative estimate of drug-likeness (QED) is 0.926. The summed E-state index contributed by atoms with van der Waals surface area (Å²) in [5.74, 6) is 0.838. The van der Waals surface area contributed by atoms with Gasteiger partial charge in [0, 0.05) is 34.3 Å². The molecule has 3 nitrogen and oxygen atoms in total. The van der Waals surface area contributed by atoms with Gasteiger partial charge in [-0.15, -0.1) is 0 Å². The molecule has 1 aromatic heterocycles. The summed E-state index contributed by atoms with van der Waals surface area (Å²) in [5.41, 5.74) is 2.90. The first-order valence-corrected chi connectivity index (χ1v) is 6.40. The number of nitrogens with one attached hydrogen (secondary N) is 1. The molecule has 2 rings (SSSR count). The van der Waals surface area contributed by atoms with Gasteiger partial charge < -0.3 is 9.84 Å². The van der Waals surface area contributed by atoms with Crippen LogP contribution in [0.4, 0.5) is 0 Å². The third-order valence-corrected chi connectivity index (χ3v) is 3.55. The van der Waals surface area contributed by atoms with Crippen molar-refractivity contribution >= 4 is 23.2 Å². The fourth-order valence-corrected chi connectivity index (χ4v) is 2.30. The fraction of sp³-hybridized carbons (Fsp3) is 0.308. The SMILES string of the molecule is Cc1noc(C)c1CNCc1c(Cl)cccc1Cl. The molecule has 0 saturated carbocycles. The second-order valence-electron chi connectivity index (χ2n) is 4.11. The van der Waals surface area contributed by atoms with E-state index in [4.69, 9.17) is 27.7 Å². The molecule has 0 saturated heterocycles. The molecule has 1 N–H and O–H groups in total. The second kappa shape index (κ2) is 5.74. The second-order valence-corrected chi connectivity index (χ2v) is 4.92. The monoisotopic (exact) mass is 284 g/mol. The van der Waals surface area contributed by atoms with Gasteiger partial charge in [-0.1, -0.05) is 34.4 Å². The van der Waals surface area contributed by atoms with Crippen LogP contribution >= 0.6 is 23.2 Å². The number of benzene rings is 1. The van der Waals surface area contributed by atoms with Gasteiger partial charge in [-0.3, -0.25) is 0 Å². The van der Waals surface area contributed by atoms with E-state index in [2.05, 4.69) is 10.5 Å². The molecule has 0 aliphatic carbocycles. The van der Waals surface area contributed by atoms with Crippen LogP contribution < -0.4 is 5.32 Å². The van der Waals surface area contributed by atoms with Crippen LogP contribution in [-0.2, 0) is 13.1 Å². The summed E-state index contributed by atoms with van der Waals surface area (Å²) in [6.07, 6.45) is 0. The highest BCUT2D eigenvalue weighted by Crippen LogP contribution is 2.24. The number of hydrogen-bond acceptors (Lipinski definition) is 3. The fourth-order valence-electron chi connectivity index (χ4n) is 1.77. The predicted molar refractivity (Wildman–Crippen MR) is 73.0 cm³/mol. The number of aromatic nitrogens is 1. The van der Waals surface area contributed by atoms with E-state index in [1.165, 1.54) is 0 Å². The Labute approximate surface area is 116 Å². The van der Waals surface area contributed by atoms with Crippen LogP contribution in [0.1, 0.15) is 22.6 Å². The average Bonchev–Trinajstić information content (AvgIpc) is 2.64. The molecule has 0 aliphatic heterocycles. The van der Waals surface area contributed by atoms with E-state index >= 15 is 0 Å². The molecule has 5 heteroatoms. The zero-order valence-corrected chi connectivity index (χ0v) is 11.8. The van der Waals surface area contributed by atoms with E-state index in [1.807, 2.05) is 32.0 Å². The first kappa shape index (κ1) is 13.4. The predicted octanol–water partition coefficient (Wildman–Crippen LogP) is 3.89. The molecule has 0 radical (unpaired) electrons. The van der Waals surface area contributed by atoms with E-state index in [-0.39, 0.29) is 0 Å². The largest absolute Gasteiger partial charge is 0.361 e. The molecule has 1 aromatic carbocycles. The third-order valence-electron chi connectivity index (χ3n) is 2.85. The Morgan fingerprint density at radius 1 is 1.11 bits per heavy atom. The summed E-state index contributed by atoms with van der Waals surface area (Å²) < 4.78 is 5.10. The van der Waals surface area contributed by atoms with E-state index < -0.39 is 0 Å². The van der Waals surface area contributed by atoms with Crippen LogP contribution in [0.2, 0.25) is 10.0 Å². The lowest BCUT2D eigenvalue weighted by molar-refractivity contribution is 0.392. The standard InChI is InChI=1S/C13H14Cl2N2O/c1-8-10(9(2)18-17-8)6-16-7-11-12(14)4-3-5-13(11)15/h3-5,16H,6-7H2,1-2H3. The van der Waals surface area contributed by atoms with E-state index in [1.54, 1.807) is 0 Å². The highest BCUT2D eigenvalue weighted by atomic mass is 35.5. The van der Waals surface area contributed by atoms with Crippen molar-refractivity contribution in [3.63, 3.8) is 0 Å². The van der Waals surface area contributed by atoms with Gasteiger partial charge in [0.1, 0.15) is 5.76 Å². The molecule has 0 atom stereocenters. The molecule has 96 valence electrons. The van der Waals surface area contributed by atoms with Crippen LogP contribution in [0.15, 0.2) is 22.7 Å². The van der Waals surface area contributed by atoms with Crippen LogP contribution in [0, 0.1) is 13.8 Å². The van der Waals surface area contributed by atoms with Gasteiger partial charge >= 0.3 is 0 Å². The highest BCUT2D eigenvalue weighted by molar-refractivity contribution is 6.35. The number of hydrogen-bond donors (Lipinski definition) is 1. The molecule has 0 bridgehead atoms. The van der Waals surface area contributed by atoms with Gasteiger partial charge in [0.05, 0.1) is 5.69 Å². The van der Waals surface area contributed by atoms with Crippen molar-refractivity contribution in [3.8, 4) is 0 Å². The first-order chi connectivity index (χ1) is 8.59. The molecular weight excluding hydrogens is 271 g/mol. The lowest BCUT2D eigenvalue weighted by atomic mass is 10.2. The van der Waals surface area contributed by atoms with Crippen molar-refractivity contribution in [2.45, 2.75) is 26.9 Å². The maximum Gasteiger partial charge on any atom is 0.138 e. The molecule has 0 spiro atoms.